The van der Waals surface area contributed by atoms with Crippen LogP contribution in [0.15, 0.2) is 23.8 Å². The third kappa shape index (κ3) is 4.81. The molecule has 0 nitrogen and oxygen atoms in total. The van der Waals surface area contributed by atoms with Gasteiger partial charge in [-0.3, -0.25) is 0 Å². The van der Waals surface area contributed by atoms with E-state index in [-0.39, 0.29) is 6.42 Å². The molecule has 0 heterocycles. The number of allylic oxidation sites excluding steroid dienone is 3. The van der Waals surface area contributed by atoms with E-state index in [4.69, 9.17) is 0 Å². The van der Waals surface area contributed by atoms with Gasteiger partial charge in [0.05, 0.1) is 0 Å². The number of hydrogen-bond donors (Lipinski definition) is 0. The number of hydrogen-bond acceptors (Lipinski definition) is 0. The first-order valence-corrected chi connectivity index (χ1v) is 4.62. The van der Waals surface area contributed by atoms with E-state index in [1.807, 2.05) is 19.9 Å². The summed E-state index contributed by atoms with van der Waals surface area (Å²) < 4.78 is 25.5. The highest BCUT2D eigenvalue weighted by Crippen LogP contribution is 2.19. The van der Waals surface area contributed by atoms with Gasteiger partial charge in [0, 0.05) is 6.42 Å². The van der Waals surface area contributed by atoms with Crippen LogP contribution in [0.4, 0.5) is 8.78 Å². The molecule has 0 aliphatic rings. The van der Waals surface area contributed by atoms with Crippen LogP contribution in [0.2, 0.25) is 0 Å². The molecule has 0 fully saturated rings. The SMILES string of the molecule is C=C(C)/C(=C\CC)CC(F)C(C)F. The summed E-state index contributed by atoms with van der Waals surface area (Å²) in [5.41, 5.74) is 1.66. The first kappa shape index (κ1) is 12.3. The Kier molecular flexibility index (Phi) is 5.60. The third-order valence-corrected chi connectivity index (χ3v) is 1.91. The normalized spacial score (nSPS) is 16.8. The Morgan fingerprint density at radius 2 is 2.00 bits per heavy atom. The predicted molar refractivity (Wildman–Crippen MR) is 53.3 cm³/mol. The van der Waals surface area contributed by atoms with Crippen LogP contribution in [0, 0.1) is 0 Å². The Bertz CT molecular complexity index is 192. The second-order valence-electron chi connectivity index (χ2n) is 3.32. The van der Waals surface area contributed by atoms with Gasteiger partial charge in [0.25, 0.3) is 0 Å². The molecular formula is C11H18F2. The monoisotopic (exact) mass is 188 g/mol. The van der Waals surface area contributed by atoms with Crippen LogP contribution in [0.5, 0.6) is 0 Å². The molecule has 0 aliphatic heterocycles. The van der Waals surface area contributed by atoms with Gasteiger partial charge in [-0.1, -0.05) is 25.2 Å². The molecular weight excluding hydrogens is 170 g/mol. The molecule has 2 atom stereocenters. The van der Waals surface area contributed by atoms with Gasteiger partial charge in [-0.15, -0.1) is 0 Å². The minimum Gasteiger partial charge on any atom is -0.245 e. The standard InChI is InChI=1S/C11H18F2/c1-5-6-10(8(2)3)7-11(13)9(4)12/h6,9,11H,2,5,7H2,1,3-4H3/b10-6-. The van der Waals surface area contributed by atoms with Gasteiger partial charge < -0.3 is 0 Å². The lowest BCUT2D eigenvalue weighted by Crippen LogP contribution is -2.14. The molecule has 0 amide bonds. The molecule has 0 aromatic carbocycles. The molecule has 0 aromatic heterocycles. The van der Waals surface area contributed by atoms with Gasteiger partial charge in [-0.25, -0.2) is 8.78 Å². The second kappa shape index (κ2) is 5.90. The van der Waals surface area contributed by atoms with Crippen molar-refractivity contribution in [3.8, 4) is 0 Å². The fraction of sp³-hybridized carbons (Fsp3) is 0.636. The molecule has 0 radical (unpaired) electrons. The molecule has 0 aromatic rings. The molecule has 2 unspecified atom stereocenters. The summed E-state index contributed by atoms with van der Waals surface area (Å²) in [5, 5.41) is 0. The molecule has 76 valence electrons. The van der Waals surface area contributed by atoms with Gasteiger partial charge in [-0.05, 0) is 25.8 Å². The van der Waals surface area contributed by atoms with Crippen molar-refractivity contribution >= 4 is 0 Å². The lowest BCUT2D eigenvalue weighted by atomic mass is 10.00. The van der Waals surface area contributed by atoms with Crippen molar-refractivity contribution in [1.82, 2.24) is 0 Å². The molecule has 0 saturated heterocycles. The Hall–Kier alpha value is -0.660. The third-order valence-electron chi connectivity index (χ3n) is 1.91. The summed E-state index contributed by atoms with van der Waals surface area (Å²) in [4.78, 5) is 0. The van der Waals surface area contributed by atoms with Crippen LogP contribution < -0.4 is 0 Å². The first-order valence-electron chi connectivity index (χ1n) is 4.62. The quantitative estimate of drug-likeness (QED) is 0.572. The van der Waals surface area contributed by atoms with Crippen LogP contribution in [0.3, 0.4) is 0 Å². The topological polar surface area (TPSA) is 0 Å². The van der Waals surface area contributed by atoms with Gasteiger partial charge in [0.2, 0.25) is 0 Å². The van der Waals surface area contributed by atoms with Gasteiger partial charge in [0.15, 0.2) is 0 Å². The van der Waals surface area contributed by atoms with Crippen molar-refractivity contribution < 1.29 is 8.78 Å². The zero-order valence-electron chi connectivity index (χ0n) is 8.61. The summed E-state index contributed by atoms with van der Waals surface area (Å²) in [6.45, 7) is 8.76. The molecule has 0 bridgehead atoms. The van der Waals surface area contributed by atoms with E-state index < -0.39 is 12.3 Å². The zero-order chi connectivity index (χ0) is 10.4. The van der Waals surface area contributed by atoms with Gasteiger partial charge in [0.1, 0.15) is 12.3 Å². The molecule has 0 N–H and O–H groups in total. The van der Waals surface area contributed by atoms with E-state index in [1.165, 1.54) is 6.92 Å². The maximum Gasteiger partial charge on any atom is 0.135 e. The van der Waals surface area contributed by atoms with Gasteiger partial charge in [-0.2, -0.15) is 0 Å². The molecule has 13 heavy (non-hydrogen) atoms. The lowest BCUT2D eigenvalue weighted by Gasteiger charge is -2.12. The highest BCUT2D eigenvalue weighted by molar-refractivity contribution is 5.26. The van der Waals surface area contributed by atoms with E-state index >= 15 is 0 Å². The van der Waals surface area contributed by atoms with Crippen molar-refractivity contribution in [1.29, 1.82) is 0 Å². The van der Waals surface area contributed by atoms with E-state index in [2.05, 4.69) is 6.58 Å². The van der Waals surface area contributed by atoms with E-state index in [1.54, 1.807) is 0 Å². The highest BCUT2D eigenvalue weighted by Gasteiger charge is 2.16. The first-order chi connectivity index (χ1) is 5.99. The Morgan fingerprint density at radius 3 is 2.31 bits per heavy atom. The van der Waals surface area contributed by atoms with Crippen molar-refractivity contribution in [2.75, 3.05) is 0 Å². The number of rotatable bonds is 5. The molecule has 2 heteroatoms. The fourth-order valence-electron chi connectivity index (χ4n) is 1.05. The number of halogens is 2. The average Bonchev–Trinajstić information content (AvgIpc) is 2.03. The molecule has 0 saturated carbocycles. The average molecular weight is 188 g/mol. The zero-order valence-corrected chi connectivity index (χ0v) is 8.61. The minimum atomic E-state index is -1.41. The summed E-state index contributed by atoms with van der Waals surface area (Å²) in [6.07, 6.45) is 0.0578. The maximum atomic E-state index is 13.0. The Balaban J connectivity index is 4.27. The summed E-state index contributed by atoms with van der Waals surface area (Å²) in [5.74, 6) is 0. The Morgan fingerprint density at radius 1 is 1.46 bits per heavy atom. The lowest BCUT2D eigenvalue weighted by molar-refractivity contribution is 0.182. The minimum absolute atomic E-state index is 0.140. The molecule has 0 aliphatic carbocycles. The van der Waals surface area contributed by atoms with Gasteiger partial charge >= 0.3 is 0 Å². The molecule has 0 rings (SSSR count). The van der Waals surface area contributed by atoms with Crippen molar-refractivity contribution in [3.05, 3.63) is 23.8 Å². The largest absolute Gasteiger partial charge is 0.245 e. The van der Waals surface area contributed by atoms with E-state index in [0.717, 1.165) is 17.6 Å². The van der Waals surface area contributed by atoms with Crippen molar-refractivity contribution in [3.63, 3.8) is 0 Å². The fourth-order valence-corrected chi connectivity index (χ4v) is 1.05. The van der Waals surface area contributed by atoms with Crippen LogP contribution in [0.25, 0.3) is 0 Å². The predicted octanol–water partition coefficient (Wildman–Crippen LogP) is 3.99. The highest BCUT2D eigenvalue weighted by atomic mass is 19.2. The number of alkyl halides is 2. The van der Waals surface area contributed by atoms with Crippen LogP contribution in [0.1, 0.15) is 33.6 Å². The van der Waals surface area contributed by atoms with Crippen LogP contribution in [-0.4, -0.2) is 12.3 Å². The van der Waals surface area contributed by atoms with E-state index in [0.29, 0.717) is 0 Å². The summed E-state index contributed by atoms with van der Waals surface area (Å²) >= 11 is 0. The van der Waals surface area contributed by atoms with Crippen LogP contribution >= 0.6 is 0 Å². The summed E-state index contributed by atoms with van der Waals surface area (Å²) in [7, 11) is 0. The van der Waals surface area contributed by atoms with Crippen molar-refractivity contribution in [2.45, 2.75) is 46.0 Å². The Labute approximate surface area is 79.3 Å². The van der Waals surface area contributed by atoms with Crippen molar-refractivity contribution in [2.24, 2.45) is 0 Å². The second-order valence-corrected chi connectivity index (χ2v) is 3.32. The maximum absolute atomic E-state index is 13.0. The smallest absolute Gasteiger partial charge is 0.135 e. The molecule has 0 spiro atoms. The van der Waals surface area contributed by atoms with E-state index in [9.17, 15) is 8.78 Å². The summed E-state index contributed by atoms with van der Waals surface area (Å²) in [6, 6.07) is 0. The van der Waals surface area contributed by atoms with Crippen LogP contribution in [-0.2, 0) is 0 Å².